The Morgan fingerprint density at radius 1 is 0.963 bits per heavy atom. The van der Waals surface area contributed by atoms with Crippen LogP contribution in [0.5, 0.6) is 11.5 Å². The molecule has 0 aliphatic rings. The van der Waals surface area contributed by atoms with E-state index in [2.05, 4.69) is 5.32 Å². The lowest BCUT2D eigenvalue weighted by Gasteiger charge is -2.15. The molecule has 1 unspecified atom stereocenters. The number of amides is 1. The summed E-state index contributed by atoms with van der Waals surface area (Å²) < 4.78 is 7.30. The molecule has 5 nitrogen and oxygen atoms in total. The maximum Gasteiger partial charge on any atom is 0.250 e. The first-order valence-corrected chi connectivity index (χ1v) is 8.89. The number of benzene rings is 2. The molecule has 0 fully saturated rings. The number of hydrogen-bond donors (Lipinski definition) is 1. The fourth-order valence-corrected chi connectivity index (χ4v) is 2.71. The number of nitrogens with one attached hydrogen (secondary N) is 1. The molecule has 0 aliphatic heterocycles. The monoisotopic (exact) mass is 362 g/mol. The summed E-state index contributed by atoms with van der Waals surface area (Å²) in [6, 6.07) is 22.0. The molecule has 0 aliphatic carbocycles. The molecule has 1 heterocycles. The summed E-state index contributed by atoms with van der Waals surface area (Å²) in [6.45, 7) is 2.29. The van der Waals surface area contributed by atoms with Crippen LogP contribution in [0.4, 0.5) is 0 Å². The SMILES string of the molecule is CC(NC(=O)CCn1ccccc1=O)c1ccc(Oc2ccccc2)cc1. The summed E-state index contributed by atoms with van der Waals surface area (Å²) in [4.78, 5) is 23.8. The largest absolute Gasteiger partial charge is 0.457 e. The van der Waals surface area contributed by atoms with E-state index in [1.165, 1.54) is 10.6 Å². The molecule has 2 aromatic carbocycles. The number of rotatable bonds is 7. The lowest BCUT2D eigenvalue weighted by atomic mass is 10.1. The van der Waals surface area contributed by atoms with E-state index in [1.54, 1.807) is 18.3 Å². The lowest BCUT2D eigenvalue weighted by molar-refractivity contribution is -0.121. The fourth-order valence-electron chi connectivity index (χ4n) is 2.71. The standard InChI is InChI=1S/C22H22N2O3/c1-17(23-21(25)14-16-24-15-6-5-9-22(24)26)18-10-12-20(13-11-18)27-19-7-3-2-4-8-19/h2-13,15,17H,14,16H2,1H3,(H,23,25). The number of ether oxygens (including phenoxy) is 1. The summed E-state index contributed by atoms with van der Waals surface area (Å²) in [5.74, 6) is 1.43. The van der Waals surface area contributed by atoms with Crippen LogP contribution in [-0.2, 0) is 11.3 Å². The van der Waals surface area contributed by atoms with E-state index in [0.717, 1.165) is 17.1 Å². The highest BCUT2D eigenvalue weighted by Gasteiger charge is 2.10. The van der Waals surface area contributed by atoms with E-state index in [9.17, 15) is 9.59 Å². The molecule has 1 amide bonds. The molecule has 0 saturated carbocycles. The van der Waals surface area contributed by atoms with Crippen LogP contribution in [0.2, 0.25) is 0 Å². The average molecular weight is 362 g/mol. The second-order valence-electron chi connectivity index (χ2n) is 6.26. The number of nitrogens with zero attached hydrogens (tertiary/aromatic N) is 1. The van der Waals surface area contributed by atoms with Gasteiger partial charge in [-0.1, -0.05) is 36.4 Å². The molecule has 3 rings (SSSR count). The second-order valence-corrected chi connectivity index (χ2v) is 6.26. The van der Waals surface area contributed by atoms with E-state index < -0.39 is 0 Å². The Kier molecular flexibility index (Phi) is 6.05. The summed E-state index contributed by atoms with van der Waals surface area (Å²) in [5.41, 5.74) is 0.882. The number of hydrogen-bond acceptors (Lipinski definition) is 3. The zero-order valence-corrected chi connectivity index (χ0v) is 15.2. The smallest absolute Gasteiger partial charge is 0.250 e. The van der Waals surface area contributed by atoms with Crippen molar-refractivity contribution in [1.29, 1.82) is 0 Å². The maximum atomic E-state index is 12.2. The van der Waals surface area contributed by atoms with Crippen LogP contribution >= 0.6 is 0 Å². The highest BCUT2D eigenvalue weighted by molar-refractivity contribution is 5.76. The molecule has 0 bridgehead atoms. The highest BCUT2D eigenvalue weighted by atomic mass is 16.5. The molecule has 27 heavy (non-hydrogen) atoms. The minimum Gasteiger partial charge on any atom is -0.457 e. The van der Waals surface area contributed by atoms with Gasteiger partial charge >= 0.3 is 0 Å². The first-order valence-electron chi connectivity index (χ1n) is 8.89. The third-order valence-electron chi connectivity index (χ3n) is 4.22. The van der Waals surface area contributed by atoms with Gasteiger partial charge in [-0.05, 0) is 42.8 Å². The predicted octanol–water partition coefficient (Wildman–Crippen LogP) is 3.91. The van der Waals surface area contributed by atoms with Gasteiger partial charge in [-0.2, -0.15) is 0 Å². The number of aromatic nitrogens is 1. The van der Waals surface area contributed by atoms with E-state index in [0.29, 0.717) is 6.54 Å². The molecule has 5 heteroatoms. The second kappa shape index (κ2) is 8.85. The molecule has 0 saturated heterocycles. The van der Waals surface area contributed by atoms with E-state index in [1.807, 2.05) is 61.5 Å². The van der Waals surface area contributed by atoms with Crippen molar-refractivity contribution in [3.05, 3.63) is 94.9 Å². The van der Waals surface area contributed by atoms with Crippen LogP contribution in [0.1, 0.15) is 24.9 Å². The molecule has 0 spiro atoms. The molecule has 138 valence electrons. The third kappa shape index (κ3) is 5.31. The summed E-state index contributed by atoms with van der Waals surface area (Å²) in [5, 5.41) is 2.96. The van der Waals surface area contributed by atoms with Gasteiger partial charge in [0.15, 0.2) is 0 Å². The molecule has 3 aromatic rings. The predicted molar refractivity (Wildman–Crippen MR) is 105 cm³/mol. The minimum atomic E-state index is -0.129. The van der Waals surface area contributed by atoms with Crippen LogP contribution in [0.3, 0.4) is 0 Å². The van der Waals surface area contributed by atoms with Crippen molar-refractivity contribution in [3.8, 4) is 11.5 Å². The zero-order chi connectivity index (χ0) is 19.1. The number of pyridine rings is 1. The van der Waals surface area contributed by atoms with Crippen molar-refractivity contribution in [2.45, 2.75) is 25.9 Å². The van der Waals surface area contributed by atoms with Crippen molar-refractivity contribution in [2.75, 3.05) is 0 Å². The fraction of sp³-hybridized carbons (Fsp3) is 0.182. The van der Waals surface area contributed by atoms with Gasteiger partial charge in [-0.3, -0.25) is 9.59 Å². The number of carbonyl (C=O) groups is 1. The maximum absolute atomic E-state index is 12.2. The molecular formula is C22H22N2O3. The minimum absolute atomic E-state index is 0.0946. The van der Waals surface area contributed by atoms with Crippen molar-refractivity contribution in [2.24, 2.45) is 0 Å². The summed E-state index contributed by atoms with van der Waals surface area (Å²) in [6.07, 6.45) is 1.94. The van der Waals surface area contributed by atoms with Crippen LogP contribution in [0.15, 0.2) is 83.8 Å². The van der Waals surface area contributed by atoms with Gasteiger partial charge in [0.1, 0.15) is 11.5 Å². The Labute approximate surface area is 158 Å². The van der Waals surface area contributed by atoms with Gasteiger partial charge in [0, 0.05) is 25.2 Å². The molecular weight excluding hydrogens is 340 g/mol. The molecule has 1 aromatic heterocycles. The summed E-state index contributed by atoms with van der Waals surface area (Å²) >= 11 is 0. The summed E-state index contributed by atoms with van der Waals surface area (Å²) in [7, 11) is 0. The van der Waals surface area contributed by atoms with Crippen LogP contribution in [0, 0.1) is 0 Å². The Morgan fingerprint density at radius 2 is 1.63 bits per heavy atom. The molecule has 1 N–H and O–H groups in total. The number of carbonyl (C=O) groups excluding carboxylic acids is 1. The lowest BCUT2D eigenvalue weighted by Crippen LogP contribution is -2.29. The Balaban J connectivity index is 1.53. The Hall–Kier alpha value is -3.34. The van der Waals surface area contributed by atoms with Crippen molar-refractivity contribution in [3.63, 3.8) is 0 Å². The van der Waals surface area contributed by atoms with Crippen molar-refractivity contribution in [1.82, 2.24) is 9.88 Å². The average Bonchev–Trinajstić information content (AvgIpc) is 2.69. The topological polar surface area (TPSA) is 60.3 Å². The molecule has 0 radical (unpaired) electrons. The molecule has 1 atom stereocenters. The van der Waals surface area contributed by atoms with Gasteiger partial charge in [-0.25, -0.2) is 0 Å². The van der Waals surface area contributed by atoms with Gasteiger partial charge in [-0.15, -0.1) is 0 Å². The zero-order valence-electron chi connectivity index (χ0n) is 15.2. The Bertz CT molecular complexity index is 934. The van der Waals surface area contributed by atoms with Gasteiger partial charge < -0.3 is 14.6 Å². The third-order valence-corrected chi connectivity index (χ3v) is 4.22. The van der Waals surface area contributed by atoms with E-state index in [4.69, 9.17) is 4.74 Å². The first kappa shape index (κ1) is 18.5. The quantitative estimate of drug-likeness (QED) is 0.693. The number of aryl methyl sites for hydroxylation is 1. The van der Waals surface area contributed by atoms with Gasteiger partial charge in [0.05, 0.1) is 6.04 Å². The van der Waals surface area contributed by atoms with Crippen LogP contribution in [-0.4, -0.2) is 10.5 Å². The van der Waals surface area contributed by atoms with E-state index >= 15 is 0 Å². The normalized spacial score (nSPS) is 11.6. The van der Waals surface area contributed by atoms with E-state index in [-0.39, 0.29) is 23.9 Å². The van der Waals surface area contributed by atoms with Crippen molar-refractivity contribution >= 4 is 5.91 Å². The van der Waals surface area contributed by atoms with Gasteiger partial charge in [0.25, 0.3) is 5.56 Å². The highest BCUT2D eigenvalue weighted by Crippen LogP contribution is 2.23. The Morgan fingerprint density at radius 3 is 2.33 bits per heavy atom. The van der Waals surface area contributed by atoms with Crippen molar-refractivity contribution < 1.29 is 9.53 Å². The first-order chi connectivity index (χ1) is 13.1. The van der Waals surface area contributed by atoms with Crippen LogP contribution < -0.4 is 15.6 Å². The number of para-hydroxylation sites is 1. The van der Waals surface area contributed by atoms with Crippen LogP contribution in [0.25, 0.3) is 0 Å². The van der Waals surface area contributed by atoms with Gasteiger partial charge in [0.2, 0.25) is 5.91 Å².